The van der Waals surface area contributed by atoms with Gasteiger partial charge in [-0.1, -0.05) is 17.7 Å². The largest absolute Gasteiger partial charge is 0.491 e. The summed E-state index contributed by atoms with van der Waals surface area (Å²) in [6.45, 7) is 6.40. The summed E-state index contributed by atoms with van der Waals surface area (Å²) in [5.74, 6) is 0.818. The molecule has 1 aromatic carbocycles. The van der Waals surface area contributed by atoms with Crippen LogP contribution in [0.25, 0.3) is 0 Å². The van der Waals surface area contributed by atoms with Crippen LogP contribution in [-0.2, 0) is 4.79 Å². The first kappa shape index (κ1) is 14.9. The Hall–Kier alpha value is -1.55. The van der Waals surface area contributed by atoms with E-state index < -0.39 is 5.54 Å². The number of ether oxygens (including phenoxy) is 1. The van der Waals surface area contributed by atoms with E-state index >= 15 is 0 Å². The van der Waals surface area contributed by atoms with E-state index in [1.54, 1.807) is 7.05 Å². The zero-order chi connectivity index (χ0) is 14.9. The quantitative estimate of drug-likeness (QED) is 0.833. The second-order valence-corrected chi connectivity index (χ2v) is 5.88. The lowest BCUT2D eigenvalue weighted by molar-refractivity contribution is -0.126. The molecule has 0 aliphatic heterocycles. The molecule has 4 heteroatoms. The molecule has 4 nitrogen and oxygen atoms in total. The fraction of sp³-hybridized carbons (Fsp3) is 0.562. The minimum Gasteiger partial charge on any atom is -0.491 e. The molecule has 110 valence electrons. The predicted molar refractivity (Wildman–Crippen MR) is 79.9 cm³/mol. The third-order valence-corrected chi connectivity index (χ3v) is 4.21. The molecule has 20 heavy (non-hydrogen) atoms. The van der Waals surface area contributed by atoms with Gasteiger partial charge in [-0.15, -0.1) is 0 Å². The van der Waals surface area contributed by atoms with Crippen molar-refractivity contribution in [1.82, 2.24) is 5.32 Å². The highest BCUT2D eigenvalue weighted by Crippen LogP contribution is 2.40. The first-order valence-electron chi connectivity index (χ1n) is 7.10. The van der Waals surface area contributed by atoms with Gasteiger partial charge in [0, 0.05) is 0 Å². The Bertz CT molecular complexity index is 500. The molecule has 1 unspecified atom stereocenters. The van der Waals surface area contributed by atoms with Crippen molar-refractivity contribution in [1.29, 1.82) is 0 Å². The Morgan fingerprint density at radius 3 is 2.30 bits per heavy atom. The number of carbonyl (C=O) groups is 1. The SMILES string of the molecule is CNC(COc1c(C)cc(C)cc1C)(C(N)=O)C1CC1. The summed E-state index contributed by atoms with van der Waals surface area (Å²) in [7, 11) is 1.78. The number of amides is 1. The topological polar surface area (TPSA) is 64.3 Å². The van der Waals surface area contributed by atoms with Crippen LogP contribution in [-0.4, -0.2) is 25.1 Å². The molecular formula is C16H24N2O2. The number of nitrogens with one attached hydrogen (secondary N) is 1. The summed E-state index contributed by atoms with van der Waals surface area (Å²) in [4.78, 5) is 11.9. The number of benzene rings is 1. The summed E-state index contributed by atoms with van der Waals surface area (Å²) >= 11 is 0. The van der Waals surface area contributed by atoms with E-state index in [1.165, 1.54) is 5.56 Å². The van der Waals surface area contributed by atoms with Crippen molar-refractivity contribution in [3.05, 3.63) is 28.8 Å². The van der Waals surface area contributed by atoms with E-state index in [2.05, 4.69) is 24.4 Å². The fourth-order valence-corrected chi connectivity index (χ4v) is 2.95. The van der Waals surface area contributed by atoms with Gasteiger partial charge in [0.1, 0.15) is 17.9 Å². The molecule has 0 saturated heterocycles. The molecule has 0 heterocycles. The highest BCUT2D eigenvalue weighted by molar-refractivity contribution is 5.85. The molecule has 0 aromatic heterocycles. The van der Waals surface area contributed by atoms with Crippen molar-refractivity contribution < 1.29 is 9.53 Å². The first-order valence-corrected chi connectivity index (χ1v) is 7.10. The average Bonchev–Trinajstić information content (AvgIpc) is 3.17. The van der Waals surface area contributed by atoms with Crippen LogP contribution in [0.4, 0.5) is 0 Å². The van der Waals surface area contributed by atoms with Gasteiger partial charge in [0.2, 0.25) is 5.91 Å². The van der Waals surface area contributed by atoms with Gasteiger partial charge in [-0.3, -0.25) is 4.79 Å². The van der Waals surface area contributed by atoms with Crippen LogP contribution in [0.5, 0.6) is 5.75 Å². The molecule has 2 rings (SSSR count). The molecule has 1 amide bonds. The summed E-state index contributed by atoms with van der Waals surface area (Å²) < 4.78 is 5.98. The standard InChI is InChI=1S/C16H24N2O2/c1-10-7-11(2)14(12(3)8-10)20-9-16(18-4,15(17)19)13-5-6-13/h7-8,13,18H,5-6,9H2,1-4H3,(H2,17,19). The van der Waals surface area contributed by atoms with Crippen LogP contribution in [0, 0.1) is 26.7 Å². The smallest absolute Gasteiger partial charge is 0.241 e. The van der Waals surface area contributed by atoms with Crippen molar-refractivity contribution in [2.75, 3.05) is 13.7 Å². The number of carbonyl (C=O) groups excluding carboxylic acids is 1. The first-order chi connectivity index (χ1) is 9.40. The average molecular weight is 276 g/mol. The molecule has 1 aliphatic carbocycles. The van der Waals surface area contributed by atoms with Crippen LogP contribution in [0.15, 0.2) is 12.1 Å². The second kappa shape index (κ2) is 5.44. The van der Waals surface area contributed by atoms with E-state index in [9.17, 15) is 4.79 Å². The van der Waals surface area contributed by atoms with Gasteiger partial charge in [-0.05, 0) is 57.7 Å². The minimum absolute atomic E-state index is 0.286. The van der Waals surface area contributed by atoms with Crippen LogP contribution in [0.1, 0.15) is 29.5 Å². The molecular weight excluding hydrogens is 252 g/mol. The van der Waals surface area contributed by atoms with Gasteiger partial charge in [0.15, 0.2) is 0 Å². The van der Waals surface area contributed by atoms with Crippen molar-refractivity contribution in [3.8, 4) is 5.75 Å². The predicted octanol–water partition coefficient (Wildman–Crippen LogP) is 1.84. The molecule has 0 bridgehead atoms. The van der Waals surface area contributed by atoms with Crippen molar-refractivity contribution in [3.63, 3.8) is 0 Å². The second-order valence-electron chi connectivity index (χ2n) is 5.88. The van der Waals surface area contributed by atoms with E-state index in [4.69, 9.17) is 10.5 Å². The maximum atomic E-state index is 11.9. The molecule has 1 aromatic rings. The van der Waals surface area contributed by atoms with Gasteiger partial charge in [0.05, 0.1) is 0 Å². The lowest BCUT2D eigenvalue weighted by atomic mass is 9.93. The molecule has 1 saturated carbocycles. The molecule has 1 atom stereocenters. The number of nitrogens with two attached hydrogens (primary N) is 1. The molecule has 3 N–H and O–H groups in total. The molecule has 0 radical (unpaired) electrons. The maximum Gasteiger partial charge on any atom is 0.241 e. The normalized spacial score (nSPS) is 17.6. The Balaban J connectivity index is 2.20. The van der Waals surface area contributed by atoms with Crippen LogP contribution >= 0.6 is 0 Å². The lowest BCUT2D eigenvalue weighted by Crippen LogP contribution is -2.59. The Morgan fingerprint density at radius 1 is 1.35 bits per heavy atom. The third kappa shape index (κ3) is 2.66. The summed E-state index contributed by atoms with van der Waals surface area (Å²) in [6.07, 6.45) is 2.05. The highest BCUT2D eigenvalue weighted by atomic mass is 16.5. The van der Waals surface area contributed by atoms with E-state index in [0.29, 0.717) is 0 Å². The van der Waals surface area contributed by atoms with Gasteiger partial charge < -0.3 is 15.8 Å². The van der Waals surface area contributed by atoms with Gasteiger partial charge in [-0.25, -0.2) is 0 Å². The van der Waals surface area contributed by atoms with Crippen LogP contribution < -0.4 is 15.8 Å². The van der Waals surface area contributed by atoms with Gasteiger partial charge in [-0.2, -0.15) is 0 Å². The Labute approximate surface area is 120 Å². The third-order valence-electron chi connectivity index (χ3n) is 4.21. The Kier molecular flexibility index (Phi) is 4.04. The minimum atomic E-state index is -0.746. The van der Waals surface area contributed by atoms with E-state index in [-0.39, 0.29) is 18.4 Å². The van der Waals surface area contributed by atoms with Crippen molar-refractivity contribution >= 4 is 5.91 Å². The lowest BCUT2D eigenvalue weighted by Gasteiger charge is -2.30. The highest BCUT2D eigenvalue weighted by Gasteiger charge is 2.49. The summed E-state index contributed by atoms with van der Waals surface area (Å²) in [5.41, 5.74) is 8.25. The van der Waals surface area contributed by atoms with Crippen LogP contribution in [0.3, 0.4) is 0 Å². The number of hydrogen-bond acceptors (Lipinski definition) is 3. The fourth-order valence-electron chi connectivity index (χ4n) is 2.95. The van der Waals surface area contributed by atoms with Crippen molar-refractivity contribution in [2.24, 2.45) is 11.7 Å². The molecule has 0 spiro atoms. The maximum absolute atomic E-state index is 11.9. The molecule has 1 aliphatic rings. The zero-order valence-corrected chi connectivity index (χ0v) is 12.7. The Morgan fingerprint density at radius 2 is 1.90 bits per heavy atom. The van der Waals surface area contributed by atoms with Gasteiger partial charge >= 0.3 is 0 Å². The summed E-state index contributed by atoms with van der Waals surface area (Å²) in [6, 6.07) is 4.18. The number of primary amides is 1. The van der Waals surface area contributed by atoms with Crippen molar-refractivity contribution in [2.45, 2.75) is 39.2 Å². The molecule has 1 fully saturated rings. The zero-order valence-electron chi connectivity index (χ0n) is 12.7. The number of hydrogen-bond donors (Lipinski definition) is 2. The number of aryl methyl sites for hydroxylation is 3. The van der Waals surface area contributed by atoms with Gasteiger partial charge in [0.25, 0.3) is 0 Å². The monoisotopic (exact) mass is 276 g/mol. The van der Waals surface area contributed by atoms with Crippen LogP contribution in [0.2, 0.25) is 0 Å². The van der Waals surface area contributed by atoms with E-state index in [0.717, 1.165) is 29.7 Å². The van der Waals surface area contributed by atoms with E-state index in [1.807, 2.05) is 13.8 Å². The number of rotatable bonds is 6. The summed E-state index contributed by atoms with van der Waals surface area (Å²) in [5, 5.41) is 3.10. The number of likely N-dealkylation sites (N-methyl/N-ethyl adjacent to an activating group) is 1.